The van der Waals surface area contributed by atoms with E-state index >= 15 is 0 Å². The lowest BCUT2D eigenvalue weighted by Crippen LogP contribution is -2.32. The molecule has 0 unspecified atom stereocenters. The number of hydrogen-bond donors (Lipinski definition) is 0. The Kier molecular flexibility index (Phi) is 5.90. The fourth-order valence-corrected chi connectivity index (χ4v) is 4.63. The number of fused-ring (bicyclic) bond motifs is 2. The van der Waals surface area contributed by atoms with E-state index in [0.717, 1.165) is 33.1 Å². The third-order valence-electron chi connectivity index (χ3n) is 6.49. The summed E-state index contributed by atoms with van der Waals surface area (Å²) in [5, 5.41) is 16.4. The number of para-hydroxylation sites is 1. The Morgan fingerprint density at radius 3 is 2.49 bits per heavy atom. The fraction of sp³-hybridized carbons (Fsp3) is 0.138. The molecule has 0 N–H and O–H groups in total. The molecule has 1 aliphatic heterocycles. The molecule has 8 heteroatoms. The molecule has 1 amide bonds. The van der Waals surface area contributed by atoms with Crippen molar-refractivity contribution >= 4 is 39.4 Å². The summed E-state index contributed by atoms with van der Waals surface area (Å²) < 4.78 is 6.79. The van der Waals surface area contributed by atoms with Gasteiger partial charge in [-0.3, -0.25) is 9.59 Å². The first-order valence-electron chi connectivity index (χ1n) is 12.0. The SMILES string of the molecule is O=C(Cn1nnc2ccccc21)OCC(=O)N1N=C(c2ccc3ccccc3c2)C[C@H]1c1ccccc1. The van der Waals surface area contributed by atoms with Crippen molar-refractivity contribution in [3.63, 3.8) is 0 Å². The van der Waals surface area contributed by atoms with Crippen LogP contribution in [0.1, 0.15) is 23.6 Å². The molecule has 1 aliphatic rings. The van der Waals surface area contributed by atoms with E-state index in [9.17, 15) is 9.59 Å². The van der Waals surface area contributed by atoms with Gasteiger partial charge in [-0.05, 0) is 40.1 Å². The Hall–Kier alpha value is -4.85. The molecule has 6 rings (SSSR count). The molecule has 0 fully saturated rings. The second-order valence-corrected chi connectivity index (χ2v) is 8.87. The summed E-state index contributed by atoms with van der Waals surface area (Å²) in [6.45, 7) is -0.551. The molecule has 8 nitrogen and oxygen atoms in total. The zero-order chi connectivity index (χ0) is 25.2. The molecule has 5 aromatic rings. The van der Waals surface area contributed by atoms with Gasteiger partial charge in [-0.1, -0.05) is 84.1 Å². The highest BCUT2D eigenvalue weighted by atomic mass is 16.5. The minimum atomic E-state index is -0.571. The quantitative estimate of drug-likeness (QED) is 0.328. The highest BCUT2D eigenvalue weighted by Crippen LogP contribution is 2.33. The largest absolute Gasteiger partial charge is 0.454 e. The van der Waals surface area contributed by atoms with E-state index in [1.807, 2.05) is 72.8 Å². The van der Waals surface area contributed by atoms with Gasteiger partial charge in [-0.2, -0.15) is 5.10 Å². The van der Waals surface area contributed by atoms with Gasteiger partial charge in [0.1, 0.15) is 12.1 Å². The summed E-state index contributed by atoms with van der Waals surface area (Å²) in [7, 11) is 0. The number of aromatic nitrogens is 3. The van der Waals surface area contributed by atoms with Crippen LogP contribution in [0.2, 0.25) is 0 Å². The van der Waals surface area contributed by atoms with Crippen LogP contribution in [0.5, 0.6) is 0 Å². The van der Waals surface area contributed by atoms with Gasteiger partial charge in [0, 0.05) is 6.42 Å². The van der Waals surface area contributed by atoms with Crippen LogP contribution in [0.15, 0.2) is 102 Å². The molecule has 0 bridgehead atoms. The summed E-state index contributed by atoms with van der Waals surface area (Å²) in [5.74, 6) is -0.959. The maximum absolute atomic E-state index is 13.2. The first kappa shape index (κ1) is 22.6. The normalized spacial score (nSPS) is 15.2. The van der Waals surface area contributed by atoms with E-state index < -0.39 is 12.6 Å². The molecule has 0 spiro atoms. The molecule has 37 heavy (non-hydrogen) atoms. The Balaban J connectivity index is 1.20. The van der Waals surface area contributed by atoms with E-state index in [1.54, 1.807) is 0 Å². The first-order chi connectivity index (χ1) is 18.2. The minimum absolute atomic E-state index is 0.137. The van der Waals surface area contributed by atoms with Crippen molar-refractivity contribution in [3.8, 4) is 0 Å². The van der Waals surface area contributed by atoms with Crippen LogP contribution in [-0.4, -0.2) is 44.2 Å². The van der Waals surface area contributed by atoms with E-state index in [-0.39, 0.29) is 18.5 Å². The van der Waals surface area contributed by atoms with Crippen molar-refractivity contribution in [1.82, 2.24) is 20.0 Å². The zero-order valence-electron chi connectivity index (χ0n) is 19.9. The van der Waals surface area contributed by atoms with Crippen LogP contribution < -0.4 is 0 Å². The molecule has 0 saturated heterocycles. The van der Waals surface area contributed by atoms with Gasteiger partial charge in [-0.15, -0.1) is 5.10 Å². The topological polar surface area (TPSA) is 89.7 Å². The molecule has 1 aromatic heterocycles. The average molecular weight is 490 g/mol. The number of nitrogens with zero attached hydrogens (tertiary/aromatic N) is 5. The molecule has 0 saturated carbocycles. The number of hydrazone groups is 1. The molecule has 2 heterocycles. The Morgan fingerprint density at radius 2 is 1.62 bits per heavy atom. The maximum atomic E-state index is 13.2. The molecule has 182 valence electrons. The number of benzene rings is 4. The molecular formula is C29H23N5O3. The van der Waals surface area contributed by atoms with Crippen molar-refractivity contribution < 1.29 is 14.3 Å². The van der Waals surface area contributed by atoms with Crippen LogP contribution in [0.4, 0.5) is 0 Å². The van der Waals surface area contributed by atoms with Gasteiger partial charge in [0.15, 0.2) is 6.61 Å². The predicted octanol–water partition coefficient (Wildman–Crippen LogP) is 4.51. The third kappa shape index (κ3) is 4.56. The monoisotopic (exact) mass is 489 g/mol. The number of esters is 1. The van der Waals surface area contributed by atoms with E-state index in [4.69, 9.17) is 9.84 Å². The van der Waals surface area contributed by atoms with E-state index in [1.165, 1.54) is 9.69 Å². The number of hydrogen-bond acceptors (Lipinski definition) is 6. The highest BCUT2D eigenvalue weighted by Gasteiger charge is 2.33. The molecule has 1 atom stereocenters. The van der Waals surface area contributed by atoms with Crippen LogP contribution >= 0.6 is 0 Å². The van der Waals surface area contributed by atoms with Crippen molar-refractivity contribution in [2.75, 3.05) is 6.61 Å². The number of carbonyl (C=O) groups is 2. The lowest BCUT2D eigenvalue weighted by molar-refractivity contribution is -0.153. The van der Waals surface area contributed by atoms with Crippen molar-refractivity contribution in [2.24, 2.45) is 5.10 Å². The Labute approximate surface area is 212 Å². The average Bonchev–Trinajstić information content (AvgIpc) is 3.57. The number of carbonyl (C=O) groups excluding carboxylic acids is 2. The van der Waals surface area contributed by atoms with E-state index in [0.29, 0.717) is 11.9 Å². The summed E-state index contributed by atoms with van der Waals surface area (Å²) in [6, 6.07) is 31.1. The smallest absolute Gasteiger partial charge is 0.328 e. The zero-order valence-corrected chi connectivity index (χ0v) is 19.9. The highest BCUT2D eigenvalue weighted by molar-refractivity contribution is 6.05. The second-order valence-electron chi connectivity index (χ2n) is 8.87. The molecular weight excluding hydrogens is 466 g/mol. The second kappa shape index (κ2) is 9.66. The fourth-order valence-electron chi connectivity index (χ4n) is 4.63. The van der Waals surface area contributed by atoms with Crippen molar-refractivity contribution in [3.05, 3.63) is 108 Å². The lowest BCUT2D eigenvalue weighted by Gasteiger charge is -2.21. The van der Waals surface area contributed by atoms with Gasteiger partial charge < -0.3 is 4.74 Å². The predicted molar refractivity (Wildman–Crippen MR) is 140 cm³/mol. The van der Waals surface area contributed by atoms with Crippen molar-refractivity contribution in [1.29, 1.82) is 0 Å². The van der Waals surface area contributed by atoms with Crippen LogP contribution in [-0.2, 0) is 20.9 Å². The summed E-state index contributed by atoms with van der Waals surface area (Å²) in [6.07, 6.45) is 0.562. The van der Waals surface area contributed by atoms with Crippen molar-refractivity contribution in [2.45, 2.75) is 19.0 Å². The van der Waals surface area contributed by atoms with Gasteiger partial charge >= 0.3 is 5.97 Å². The Morgan fingerprint density at radius 1 is 0.865 bits per heavy atom. The third-order valence-corrected chi connectivity index (χ3v) is 6.49. The number of rotatable bonds is 6. The molecule has 4 aromatic carbocycles. The van der Waals surface area contributed by atoms with Gasteiger partial charge in [0.2, 0.25) is 0 Å². The minimum Gasteiger partial charge on any atom is -0.454 e. The lowest BCUT2D eigenvalue weighted by atomic mass is 9.97. The number of amides is 1. The summed E-state index contributed by atoms with van der Waals surface area (Å²) in [5.41, 5.74) is 4.15. The van der Waals surface area contributed by atoms with Crippen LogP contribution in [0.3, 0.4) is 0 Å². The number of ether oxygens (including phenoxy) is 1. The van der Waals surface area contributed by atoms with Gasteiger partial charge in [-0.25, -0.2) is 9.69 Å². The van der Waals surface area contributed by atoms with Gasteiger partial charge in [0.25, 0.3) is 5.91 Å². The first-order valence-corrected chi connectivity index (χ1v) is 12.0. The molecule has 0 radical (unpaired) electrons. The molecule has 0 aliphatic carbocycles. The van der Waals surface area contributed by atoms with Gasteiger partial charge in [0.05, 0.1) is 17.3 Å². The summed E-state index contributed by atoms with van der Waals surface area (Å²) >= 11 is 0. The Bertz CT molecular complexity index is 1640. The summed E-state index contributed by atoms with van der Waals surface area (Å²) in [4.78, 5) is 25.8. The van der Waals surface area contributed by atoms with Crippen LogP contribution in [0, 0.1) is 0 Å². The standard InChI is InChI=1S/C29H23N5O3/c35-28(19-37-29(36)18-33-26-13-7-6-12-24(26)30-32-33)34-27(21-9-2-1-3-10-21)17-25(31-34)23-15-14-20-8-4-5-11-22(20)16-23/h1-16,27H,17-19H2/t27-/m0/s1. The van der Waals surface area contributed by atoms with E-state index in [2.05, 4.69) is 34.6 Å². The van der Waals surface area contributed by atoms with Crippen LogP contribution in [0.25, 0.3) is 21.8 Å². The maximum Gasteiger partial charge on any atom is 0.328 e.